The van der Waals surface area contributed by atoms with Crippen LogP contribution in [-0.2, 0) is 10.0 Å². The van der Waals surface area contributed by atoms with Crippen LogP contribution in [0.5, 0.6) is 0 Å². The number of sulfonamides is 1. The van der Waals surface area contributed by atoms with Crippen molar-refractivity contribution in [3.8, 4) is 0 Å². The second-order valence-electron chi connectivity index (χ2n) is 4.44. The van der Waals surface area contributed by atoms with Crippen LogP contribution in [0.25, 0.3) is 0 Å². The van der Waals surface area contributed by atoms with Crippen molar-refractivity contribution in [3.63, 3.8) is 0 Å². The summed E-state index contributed by atoms with van der Waals surface area (Å²) in [4.78, 5) is 0. The Bertz CT molecular complexity index is 438. The molecule has 0 aliphatic heterocycles. The third kappa shape index (κ3) is 4.39. The monoisotopic (exact) mass is 274 g/mol. The molecule has 1 atom stereocenters. The zero-order valence-electron chi connectivity index (χ0n) is 9.85. The predicted octanol–water partition coefficient (Wildman–Crippen LogP) is 1.48. The van der Waals surface area contributed by atoms with Crippen LogP contribution in [0.15, 0.2) is 16.8 Å². The van der Waals surface area contributed by atoms with Crippen LogP contribution in [0.2, 0.25) is 0 Å². The second-order valence-corrected chi connectivity index (χ2v) is 7.10. The third-order valence-electron chi connectivity index (χ3n) is 2.78. The first-order valence-corrected chi connectivity index (χ1v) is 8.42. The van der Waals surface area contributed by atoms with Crippen molar-refractivity contribution in [2.75, 3.05) is 12.3 Å². The normalized spacial score (nSPS) is 18.2. The Morgan fingerprint density at radius 1 is 1.53 bits per heavy atom. The minimum absolute atomic E-state index is 0.146. The van der Waals surface area contributed by atoms with Crippen molar-refractivity contribution >= 4 is 21.4 Å². The summed E-state index contributed by atoms with van der Waals surface area (Å²) >= 11 is 1.58. The molecule has 0 bridgehead atoms. The smallest absolute Gasteiger partial charge is 0.213 e. The van der Waals surface area contributed by atoms with Crippen LogP contribution in [-0.4, -0.2) is 26.8 Å². The van der Waals surface area contributed by atoms with Gasteiger partial charge < -0.3 is 5.32 Å². The van der Waals surface area contributed by atoms with E-state index in [-0.39, 0.29) is 11.8 Å². The molecule has 0 aromatic carbocycles. The van der Waals surface area contributed by atoms with Crippen molar-refractivity contribution in [2.45, 2.75) is 31.8 Å². The van der Waals surface area contributed by atoms with Crippen LogP contribution in [0.3, 0.4) is 0 Å². The highest BCUT2D eigenvalue weighted by molar-refractivity contribution is 7.89. The number of hydrogen-bond donors (Lipinski definition) is 2. The van der Waals surface area contributed by atoms with Gasteiger partial charge in [0.25, 0.3) is 0 Å². The summed E-state index contributed by atoms with van der Waals surface area (Å²) in [5.41, 5.74) is 1.02. The van der Waals surface area contributed by atoms with Crippen molar-refractivity contribution in [2.24, 2.45) is 0 Å². The maximum absolute atomic E-state index is 11.8. The maximum atomic E-state index is 11.8. The van der Waals surface area contributed by atoms with Gasteiger partial charge >= 0.3 is 0 Å². The standard InChI is InChI=1S/C11H18N2O2S2/c1-9(10-4-6-16-8-10)13-17(14,15)7-5-12-11-2-3-11/h4,6,8-9,11-13H,2-3,5,7H2,1H3. The van der Waals surface area contributed by atoms with E-state index in [4.69, 9.17) is 0 Å². The molecule has 1 aliphatic carbocycles. The summed E-state index contributed by atoms with van der Waals surface area (Å²) in [6.45, 7) is 2.41. The average molecular weight is 274 g/mol. The Balaban J connectivity index is 1.79. The molecular weight excluding hydrogens is 256 g/mol. The van der Waals surface area contributed by atoms with E-state index in [2.05, 4.69) is 10.0 Å². The molecule has 1 aliphatic rings. The van der Waals surface area contributed by atoms with Gasteiger partial charge in [0.2, 0.25) is 10.0 Å². The summed E-state index contributed by atoms with van der Waals surface area (Å²) in [6.07, 6.45) is 2.36. The quantitative estimate of drug-likeness (QED) is 0.792. The minimum atomic E-state index is -3.18. The van der Waals surface area contributed by atoms with Crippen LogP contribution in [0.1, 0.15) is 31.4 Å². The van der Waals surface area contributed by atoms with Gasteiger partial charge in [0.15, 0.2) is 0 Å². The zero-order chi connectivity index (χ0) is 12.3. The molecule has 6 heteroatoms. The highest BCUT2D eigenvalue weighted by atomic mass is 32.2. The maximum Gasteiger partial charge on any atom is 0.213 e. The Morgan fingerprint density at radius 2 is 2.29 bits per heavy atom. The molecular formula is C11H18N2O2S2. The van der Waals surface area contributed by atoms with Gasteiger partial charge in [0, 0.05) is 18.6 Å². The molecule has 1 aromatic rings. The highest BCUT2D eigenvalue weighted by Gasteiger charge is 2.22. The minimum Gasteiger partial charge on any atom is -0.313 e. The molecule has 1 unspecified atom stereocenters. The van der Waals surface area contributed by atoms with Crippen molar-refractivity contribution < 1.29 is 8.42 Å². The van der Waals surface area contributed by atoms with Crippen molar-refractivity contribution in [1.82, 2.24) is 10.0 Å². The van der Waals surface area contributed by atoms with E-state index in [0.29, 0.717) is 12.6 Å². The van der Waals surface area contributed by atoms with Gasteiger partial charge in [-0.05, 0) is 42.2 Å². The largest absolute Gasteiger partial charge is 0.313 e. The topological polar surface area (TPSA) is 58.2 Å². The lowest BCUT2D eigenvalue weighted by molar-refractivity contribution is 0.562. The van der Waals surface area contributed by atoms with Gasteiger partial charge in [-0.2, -0.15) is 11.3 Å². The Kier molecular flexibility index (Phi) is 4.19. The number of thiophene rings is 1. The fraction of sp³-hybridized carbons (Fsp3) is 0.636. The number of nitrogens with one attached hydrogen (secondary N) is 2. The summed E-state index contributed by atoms with van der Waals surface area (Å²) in [5, 5.41) is 7.12. The highest BCUT2D eigenvalue weighted by Crippen LogP contribution is 2.18. The molecule has 1 heterocycles. The third-order valence-corrected chi connectivity index (χ3v) is 4.94. The molecule has 0 spiro atoms. The fourth-order valence-corrected chi connectivity index (χ4v) is 3.54. The molecule has 1 aromatic heterocycles. The van der Waals surface area contributed by atoms with Crippen LogP contribution >= 0.6 is 11.3 Å². The molecule has 96 valence electrons. The molecule has 4 nitrogen and oxygen atoms in total. The van der Waals surface area contributed by atoms with E-state index >= 15 is 0 Å². The molecule has 2 N–H and O–H groups in total. The summed E-state index contributed by atoms with van der Waals surface area (Å²) < 4.78 is 26.3. The summed E-state index contributed by atoms with van der Waals surface area (Å²) in [6, 6.07) is 2.35. The lowest BCUT2D eigenvalue weighted by Gasteiger charge is -2.13. The average Bonchev–Trinajstić information content (AvgIpc) is 2.91. The van der Waals surface area contributed by atoms with E-state index in [1.54, 1.807) is 11.3 Å². The SMILES string of the molecule is CC(NS(=O)(=O)CCNC1CC1)c1ccsc1. The van der Waals surface area contributed by atoms with E-state index in [9.17, 15) is 8.42 Å². The number of hydrogen-bond acceptors (Lipinski definition) is 4. The van der Waals surface area contributed by atoms with Gasteiger partial charge in [0.1, 0.15) is 0 Å². The van der Waals surface area contributed by atoms with Crippen molar-refractivity contribution in [3.05, 3.63) is 22.4 Å². The van der Waals surface area contributed by atoms with Gasteiger partial charge in [0.05, 0.1) is 5.75 Å². The molecule has 0 radical (unpaired) electrons. The first-order chi connectivity index (χ1) is 8.07. The Labute approximate surface area is 106 Å². The molecule has 0 amide bonds. The van der Waals surface area contributed by atoms with Crippen LogP contribution < -0.4 is 10.0 Å². The summed E-state index contributed by atoms with van der Waals surface area (Å²) in [5.74, 6) is 0.151. The molecule has 1 fully saturated rings. The fourth-order valence-electron chi connectivity index (χ4n) is 1.60. The Hall–Kier alpha value is -0.430. The van der Waals surface area contributed by atoms with Gasteiger partial charge in [-0.1, -0.05) is 0 Å². The first-order valence-electron chi connectivity index (χ1n) is 5.82. The molecule has 2 rings (SSSR count). The Morgan fingerprint density at radius 3 is 2.88 bits per heavy atom. The van der Waals surface area contributed by atoms with E-state index < -0.39 is 10.0 Å². The van der Waals surface area contributed by atoms with E-state index in [0.717, 1.165) is 5.56 Å². The zero-order valence-corrected chi connectivity index (χ0v) is 11.5. The summed E-state index contributed by atoms with van der Waals surface area (Å²) in [7, 11) is -3.18. The van der Waals surface area contributed by atoms with Crippen LogP contribution in [0, 0.1) is 0 Å². The van der Waals surface area contributed by atoms with E-state index in [1.807, 2.05) is 23.8 Å². The second kappa shape index (κ2) is 5.48. The first kappa shape index (κ1) is 13.0. The van der Waals surface area contributed by atoms with Gasteiger partial charge in [-0.3, -0.25) is 0 Å². The molecule has 1 saturated carbocycles. The van der Waals surface area contributed by atoms with Crippen molar-refractivity contribution in [1.29, 1.82) is 0 Å². The van der Waals surface area contributed by atoms with Gasteiger partial charge in [-0.25, -0.2) is 13.1 Å². The molecule has 17 heavy (non-hydrogen) atoms. The lowest BCUT2D eigenvalue weighted by atomic mass is 10.2. The predicted molar refractivity (Wildman–Crippen MR) is 70.7 cm³/mol. The van der Waals surface area contributed by atoms with Crippen LogP contribution in [0.4, 0.5) is 0 Å². The lowest BCUT2D eigenvalue weighted by Crippen LogP contribution is -2.34. The van der Waals surface area contributed by atoms with Gasteiger partial charge in [-0.15, -0.1) is 0 Å². The number of rotatable bonds is 7. The molecule has 0 saturated heterocycles. The van der Waals surface area contributed by atoms with E-state index in [1.165, 1.54) is 12.8 Å².